The molecule has 1 heterocycles. The van der Waals surface area contributed by atoms with Gasteiger partial charge in [0.25, 0.3) is 0 Å². The van der Waals surface area contributed by atoms with Gasteiger partial charge in [0.15, 0.2) is 5.84 Å². The average Bonchev–Trinajstić information content (AvgIpc) is 2.80. The van der Waals surface area contributed by atoms with Gasteiger partial charge in [0.2, 0.25) is 0 Å². The largest absolute Gasteiger partial charge is 0.374 e. The van der Waals surface area contributed by atoms with Gasteiger partial charge in [-0.1, -0.05) is 16.8 Å². The predicted octanol–water partition coefficient (Wildman–Crippen LogP) is 2.58. The first-order valence-electron chi connectivity index (χ1n) is 5.41. The number of aromatic nitrogens is 1. The molecule has 0 bridgehead atoms. The van der Waals surface area contributed by atoms with E-state index in [1.54, 1.807) is 13.0 Å². The first-order valence-corrected chi connectivity index (χ1v) is 5.79. The van der Waals surface area contributed by atoms with Gasteiger partial charge in [-0.25, -0.2) is 9.38 Å². The van der Waals surface area contributed by atoms with Gasteiger partial charge in [-0.05, 0) is 25.1 Å². The Morgan fingerprint density at radius 3 is 2.89 bits per heavy atom. The fraction of sp³-hybridized carbons (Fsp3) is 0.167. The number of aliphatic hydroxyl groups is 1. The lowest BCUT2D eigenvalue weighted by Gasteiger charge is -2.07. The molecule has 1 aromatic carbocycles. The maximum absolute atomic E-state index is 13.1. The van der Waals surface area contributed by atoms with Crippen molar-refractivity contribution >= 4 is 23.1 Å². The highest BCUT2D eigenvalue weighted by atomic mass is 35.5. The van der Waals surface area contributed by atoms with E-state index in [1.165, 1.54) is 18.2 Å². The number of amidine groups is 1. The maximum atomic E-state index is 13.1. The smallest absolute Gasteiger partial charge is 0.157 e. The summed E-state index contributed by atoms with van der Waals surface area (Å²) in [5.74, 6) is 0.409. The summed E-state index contributed by atoms with van der Waals surface area (Å²) in [6.07, 6.45) is 0. The van der Waals surface area contributed by atoms with Crippen molar-refractivity contribution in [1.29, 1.82) is 0 Å². The molecule has 0 unspecified atom stereocenters. The summed E-state index contributed by atoms with van der Waals surface area (Å²) >= 11 is 5.69. The third-order valence-corrected chi connectivity index (χ3v) is 2.57. The van der Waals surface area contributed by atoms with Crippen molar-refractivity contribution in [2.24, 2.45) is 4.99 Å². The summed E-state index contributed by atoms with van der Waals surface area (Å²) in [6, 6.07) is 5.81. The minimum Gasteiger partial charge on any atom is -0.374 e. The minimum atomic E-state index is -0.509. The first kappa shape index (κ1) is 13.5. The van der Waals surface area contributed by atoms with Gasteiger partial charge in [-0.3, -0.25) is 0 Å². The lowest BCUT2D eigenvalue weighted by Crippen LogP contribution is -2.15. The van der Waals surface area contributed by atoms with Gasteiger partial charge in [0.05, 0.1) is 5.02 Å². The number of anilines is 1. The SMILES string of the molecule is Cc1cc(/C(=N/CO)Nc2ccc(F)c(Cl)c2)no1. The zero-order chi connectivity index (χ0) is 13.8. The van der Waals surface area contributed by atoms with Gasteiger partial charge in [0.1, 0.15) is 24.0 Å². The van der Waals surface area contributed by atoms with E-state index in [-0.39, 0.29) is 5.02 Å². The Bertz CT molecular complexity index is 613. The van der Waals surface area contributed by atoms with Crippen LogP contribution in [0.5, 0.6) is 0 Å². The zero-order valence-electron chi connectivity index (χ0n) is 10.0. The lowest BCUT2D eigenvalue weighted by atomic mass is 10.3. The number of nitrogens with one attached hydrogen (secondary N) is 1. The van der Waals surface area contributed by atoms with E-state index in [2.05, 4.69) is 15.5 Å². The van der Waals surface area contributed by atoms with Crippen molar-refractivity contribution < 1.29 is 14.0 Å². The number of rotatable bonds is 3. The lowest BCUT2D eigenvalue weighted by molar-refractivity contribution is 0.309. The molecule has 0 amide bonds. The molecule has 0 saturated heterocycles. The summed E-state index contributed by atoms with van der Waals surface area (Å²) in [5, 5.41) is 15.6. The van der Waals surface area contributed by atoms with Gasteiger partial charge < -0.3 is 14.9 Å². The Kier molecular flexibility index (Phi) is 4.13. The molecular formula is C12H11ClFN3O2. The maximum Gasteiger partial charge on any atom is 0.157 e. The van der Waals surface area contributed by atoms with Gasteiger partial charge in [-0.15, -0.1) is 0 Å². The van der Waals surface area contributed by atoms with E-state index in [4.69, 9.17) is 21.2 Å². The zero-order valence-corrected chi connectivity index (χ0v) is 10.8. The Hall–Kier alpha value is -1.92. The molecule has 5 nitrogen and oxygen atoms in total. The first-order chi connectivity index (χ1) is 9.10. The molecule has 7 heteroatoms. The Morgan fingerprint density at radius 1 is 1.53 bits per heavy atom. The van der Waals surface area contributed by atoms with E-state index < -0.39 is 12.5 Å². The Labute approximate surface area is 113 Å². The molecule has 0 aliphatic rings. The molecule has 0 saturated carbocycles. The quantitative estimate of drug-likeness (QED) is 0.671. The average molecular weight is 284 g/mol. The molecule has 0 atom stereocenters. The molecule has 2 N–H and O–H groups in total. The van der Waals surface area contributed by atoms with E-state index in [9.17, 15) is 4.39 Å². The highest BCUT2D eigenvalue weighted by Gasteiger charge is 2.10. The highest BCUT2D eigenvalue weighted by Crippen LogP contribution is 2.20. The molecule has 0 fully saturated rings. The van der Waals surface area contributed by atoms with Crippen LogP contribution in [-0.2, 0) is 0 Å². The Morgan fingerprint density at radius 2 is 2.32 bits per heavy atom. The fourth-order valence-electron chi connectivity index (χ4n) is 1.44. The number of benzene rings is 1. The van der Waals surface area contributed by atoms with Crippen molar-refractivity contribution in [2.75, 3.05) is 12.0 Å². The summed E-state index contributed by atoms with van der Waals surface area (Å²) in [7, 11) is 0. The van der Waals surface area contributed by atoms with Gasteiger partial charge in [-0.2, -0.15) is 0 Å². The molecule has 19 heavy (non-hydrogen) atoms. The number of halogens is 2. The fourth-order valence-corrected chi connectivity index (χ4v) is 1.62. The van der Waals surface area contributed by atoms with E-state index in [0.717, 1.165) is 0 Å². The van der Waals surface area contributed by atoms with Crippen LogP contribution in [0.15, 0.2) is 33.8 Å². The topological polar surface area (TPSA) is 70.7 Å². The predicted molar refractivity (Wildman–Crippen MR) is 69.9 cm³/mol. The summed E-state index contributed by atoms with van der Waals surface area (Å²) < 4.78 is 18.0. The van der Waals surface area contributed by atoms with E-state index >= 15 is 0 Å². The normalized spacial score (nSPS) is 11.7. The highest BCUT2D eigenvalue weighted by molar-refractivity contribution is 6.31. The van der Waals surface area contributed by atoms with Gasteiger partial charge in [0, 0.05) is 11.8 Å². The molecule has 1 aromatic heterocycles. The molecule has 0 spiro atoms. The van der Waals surface area contributed by atoms with Crippen LogP contribution >= 0.6 is 11.6 Å². The molecule has 0 radical (unpaired) electrons. The molecule has 2 rings (SSSR count). The number of aliphatic imine (C=N–C) groups is 1. The Balaban J connectivity index is 2.26. The monoisotopic (exact) mass is 283 g/mol. The van der Waals surface area contributed by atoms with Crippen LogP contribution in [0.4, 0.5) is 10.1 Å². The summed E-state index contributed by atoms with van der Waals surface area (Å²) in [6.45, 7) is 1.32. The van der Waals surface area contributed by atoms with Crippen LogP contribution in [0.2, 0.25) is 5.02 Å². The van der Waals surface area contributed by atoms with Crippen LogP contribution in [-0.4, -0.2) is 22.8 Å². The summed E-state index contributed by atoms with van der Waals surface area (Å²) in [5.41, 5.74) is 0.964. The van der Waals surface area contributed by atoms with Crippen molar-refractivity contribution in [1.82, 2.24) is 5.16 Å². The van der Waals surface area contributed by atoms with Crippen LogP contribution in [0, 0.1) is 12.7 Å². The standard InChI is InChI=1S/C12H11ClFN3O2/c1-7-4-11(17-19-7)12(15-6-18)16-8-2-3-10(14)9(13)5-8/h2-5,18H,6H2,1H3,(H,15,16). The third-order valence-electron chi connectivity index (χ3n) is 2.28. The number of aliphatic hydroxyl groups excluding tert-OH is 1. The van der Waals surface area contributed by atoms with Crippen LogP contribution in [0.25, 0.3) is 0 Å². The molecule has 0 aliphatic carbocycles. The van der Waals surface area contributed by atoms with E-state index in [0.29, 0.717) is 23.0 Å². The summed E-state index contributed by atoms with van der Waals surface area (Å²) in [4.78, 5) is 3.86. The molecular weight excluding hydrogens is 273 g/mol. The van der Waals surface area contributed by atoms with Crippen molar-refractivity contribution in [3.8, 4) is 0 Å². The molecule has 2 aromatic rings. The minimum absolute atomic E-state index is 0.00955. The van der Waals surface area contributed by atoms with Crippen LogP contribution in [0.3, 0.4) is 0 Å². The second kappa shape index (κ2) is 5.81. The number of nitrogens with zero attached hydrogens (tertiary/aromatic N) is 2. The second-order valence-electron chi connectivity index (χ2n) is 3.72. The van der Waals surface area contributed by atoms with Crippen molar-refractivity contribution in [3.63, 3.8) is 0 Å². The van der Waals surface area contributed by atoms with E-state index in [1.807, 2.05) is 0 Å². The number of hydrogen-bond acceptors (Lipinski definition) is 4. The van der Waals surface area contributed by atoms with Gasteiger partial charge >= 0.3 is 0 Å². The van der Waals surface area contributed by atoms with Crippen molar-refractivity contribution in [3.05, 3.63) is 46.6 Å². The number of aryl methyl sites for hydroxylation is 1. The van der Waals surface area contributed by atoms with Crippen molar-refractivity contribution in [2.45, 2.75) is 6.92 Å². The van der Waals surface area contributed by atoms with Crippen LogP contribution < -0.4 is 5.32 Å². The molecule has 100 valence electrons. The second-order valence-corrected chi connectivity index (χ2v) is 4.13. The third kappa shape index (κ3) is 3.30. The number of hydrogen-bond donors (Lipinski definition) is 2. The van der Waals surface area contributed by atoms with Crippen LogP contribution in [0.1, 0.15) is 11.5 Å². The molecule has 0 aliphatic heterocycles.